The fourth-order valence-corrected chi connectivity index (χ4v) is 6.71. The molecule has 0 aromatic heterocycles. The molecule has 4 aliphatic rings. The number of esters is 1. The van der Waals surface area contributed by atoms with Crippen molar-refractivity contribution in [2.24, 2.45) is 29.6 Å². The molecule has 9 atom stereocenters. The molecule has 5 nitrogen and oxygen atoms in total. The highest BCUT2D eigenvalue weighted by atomic mass is 16.7. The molecule has 0 aromatic carbocycles. The van der Waals surface area contributed by atoms with Gasteiger partial charge in [-0.2, -0.15) is 0 Å². The lowest BCUT2D eigenvalue weighted by Crippen LogP contribution is -2.41. The van der Waals surface area contributed by atoms with Gasteiger partial charge < -0.3 is 18.9 Å². The molecule has 154 valence electrons. The summed E-state index contributed by atoms with van der Waals surface area (Å²) >= 11 is 0. The van der Waals surface area contributed by atoms with Crippen LogP contribution in [-0.4, -0.2) is 44.3 Å². The van der Waals surface area contributed by atoms with Crippen LogP contribution < -0.4 is 0 Å². The summed E-state index contributed by atoms with van der Waals surface area (Å²) < 4.78 is 23.7. The smallest absolute Gasteiger partial charge is 0.308 e. The van der Waals surface area contributed by atoms with E-state index in [1.165, 1.54) is 13.5 Å². The van der Waals surface area contributed by atoms with Gasteiger partial charge in [0.1, 0.15) is 0 Å². The van der Waals surface area contributed by atoms with Crippen molar-refractivity contribution >= 4 is 5.97 Å². The summed E-state index contributed by atoms with van der Waals surface area (Å²) in [5.74, 6) is 2.94. The van der Waals surface area contributed by atoms with Gasteiger partial charge in [0.25, 0.3) is 0 Å². The van der Waals surface area contributed by atoms with Gasteiger partial charge in [-0.3, -0.25) is 4.79 Å². The minimum absolute atomic E-state index is 0.0883. The SMILES string of the molecule is CCC1OC(CC)C2C3CC(CC3C(CC(=O)OC)OC3CCCCO3)C12. The predicted octanol–water partition coefficient (Wildman–Crippen LogP) is 3.94. The summed E-state index contributed by atoms with van der Waals surface area (Å²) in [5.41, 5.74) is 0. The van der Waals surface area contributed by atoms with Crippen molar-refractivity contribution in [3.05, 3.63) is 0 Å². The van der Waals surface area contributed by atoms with Crippen molar-refractivity contribution in [1.29, 1.82) is 0 Å². The van der Waals surface area contributed by atoms with E-state index >= 15 is 0 Å². The van der Waals surface area contributed by atoms with Crippen molar-refractivity contribution in [3.63, 3.8) is 0 Å². The van der Waals surface area contributed by atoms with E-state index in [0.717, 1.165) is 51.0 Å². The van der Waals surface area contributed by atoms with Crippen molar-refractivity contribution in [2.75, 3.05) is 13.7 Å². The van der Waals surface area contributed by atoms with Gasteiger partial charge in [0, 0.05) is 6.61 Å². The Kier molecular flexibility index (Phi) is 6.10. The van der Waals surface area contributed by atoms with Crippen molar-refractivity contribution in [1.82, 2.24) is 0 Å². The molecular formula is C22H36O5. The van der Waals surface area contributed by atoms with E-state index in [2.05, 4.69) is 13.8 Å². The second kappa shape index (κ2) is 8.38. The molecule has 0 radical (unpaired) electrons. The zero-order chi connectivity index (χ0) is 19.0. The average Bonchev–Trinajstić information content (AvgIpc) is 3.38. The molecular weight excluding hydrogens is 344 g/mol. The van der Waals surface area contributed by atoms with E-state index in [4.69, 9.17) is 18.9 Å². The van der Waals surface area contributed by atoms with Crippen LogP contribution in [0.1, 0.15) is 65.2 Å². The first-order chi connectivity index (χ1) is 13.2. The Balaban J connectivity index is 1.50. The lowest BCUT2D eigenvalue weighted by atomic mass is 9.69. The van der Waals surface area contributed by atoms with Crippen molar-refractivity contribution < 1.29 is 23.7 Å². The highest BCUT2D eigenvalue weighted by Gasteiger charge is 2.62. The van der Waals surface area contributed by atoms with Crippen LogP contribution in [0.2, 0.25) is 0 Å². The Morgan fingerprint density at radius 2 is 1.89 bits per heavy atom. The summed E-state index contributed by atoms with van der Waals surface area (Å²) in [7, 11) is 1.47. The number of methoxy groups -OCH3 is 1. The van der Waals surface area contributed by atoms with Gasteiger partial charge in [-0.25, -0.2) is 0 Å². The normalized spacial score (nSPS) is 44.3. The average molecular weight is 381 g/mol. The van der Waals surface area contributed by atoms with Crippen LogP contribution in [0.25, 0.3) is 0 Å². The lowest BCUT2D eigenvalue weighted by molar-refractivity contribution is -0.207. The third-order valence-electron chi connectivity index (χ3n) is 7.73. The maximum atomic E-state index is 12.1. The molecule has 27 heavy (non-hydrogen) atoms. The number of rotatable bonds is 7. The molecule has 2 bridgehead atoms. The van der Waals surface area contributed by atoms with Crippen LogP contribution >= 0.6 is 0 Å². The Morgan fingerprint density at radius 1 is 1.11 bits per heavy atom. The molecule has 2 aliphatic heterocycles. The number of ether oxygens (including phenoxy) is 4. The number of fused-ring (bicyclic) bond motifs is 5. The number of hydrogen-bond donors (Lipinski definition) is 0. The quantitative estimate of drug-likeness (QED) is 0.626. The highest BCUT2D eigenvalue weighted by Crippen LogP contribution is 2.63. The summed E-state index contributed by atoms with van der Waals surface area (Å²) in [6, 6.07) is 0. The third-order valence-corrected chi connectivity index (χ3v) is 7.73. The largest absolute Gasteiger partial charge is 0.469 e. The molecule has 0 amide bonds. The minimum atomic E-state index is -0.170. The van der Waals surface area contributed by atoms with Gasteiger partial charge in [-0.15, -0.1) is 0 Å². The fourth-order valence-electron chi connectivity index (χ4n) is 6.71. The van der Waals surface area contributed by atoms with Crippen LogP contribution in [-0.2, 0) is 23.7 Å². The Hall–Kier alpha value is -0.650. The molecule has 2 aliphatic carbocycles. The second-order valence-electron chi connectivity index (χ2n) is 8.99. The van der Waals surface area contributed by atoms with E-state index in [9.17, 15) is 4.79 Å². The van der Waals surface area contributed by atoms with Crippen LogP contribution in [0.4, 0.5) is 0 Å². The predicted molar refractivity (Wildman–Crippen MR) is 101 cm³/mol. The Labute approximate surface area is 163 Å². The lowest BCUT2D eigenvalue weighted by Gasteiger charge is -2.39. The Morgan fingerprint density at radius 3 is 2.56 bits per heavy atom. The molecule has 4 rings (SSSR count). The number of hydrogen-bond acceptors (Lipinski definition) is 5. The molecule has 2 saturated heterocycles. The second-order valence-corrected chi connectivity index (χ2v) is 8.99. The summed E-state index contributed by atoms with van der Waals surface area (Å²) in [5, 5.41) is 0. The van der Waals surface area contributed by atoms with E-state index in [0.29, 0.717) is 42.3 Å². The van der Waals surface area contributed by atoms with Gasteiger partial charge in [-0.05, 0) is 74.5 Å². The fraction of sp³-hybridized carbons (Fsp3) is 0.955. The van der Waals surface area contributed by atoms with E-state index < -0.39 is 0 Å². The summed E-state index contributed by atoms with van der Waals surface area (Å²) in [6.45, 7) is 5.27. The maximum Gasteiger partial charge on any atom is 0.308 e. The molecule has 2 saturated carbocycles. The van der Waals surface area contributed by atoms with E-state index in [1.807, 2.05) is 0 Å². The summed E-state index contributed by atoms with van der Waals surface area (Å²) in [6.07, 6.45) is 8.72. The first-order valence-electron chi connectivity index (χ1n) is 11.2. The number of carbonyl (C=O) groups is 1. The van der Waals surface area contributed by atoms with Gasteiger partial charge in [0.2, 0.25) is 0 Å². The number of carbonyl (C=O) groups excluding carboxylic acids is 1. The molecule has 9 unspecified atom stereocenters. The van der Waals surface area contributed by atoms with Crippen LogP contribution in [0.5, 0.6) is 0 Å². The van der Waals surface area contributed by atoms with Gasteiger partial charge >= 0.3 is 5.97 Å². The molecule has 0 spiro atoms. The van der Waals surface area contributed by atoms with Gasteiger partial charge in [-0.1, -0.05) is 13.8 Å². The zero-order valence-electron chi connectivity index (χ0n) is 17.1. The van der Waals surface area contributed by atoms with Gasteiger partial charge in [0.15, 0.2) is 6.29 Å². The summed E-state index contributed by atoms with van der Waals surface area (Å²) in [4.78, 5) is 12.1. The minimum Gasteiger partial charge on any atom is -0.469 e. The maximum absolute atomic E-state index is 12.1. The first kappa shape index (κ1) is 19.7. The Bertz CT molecular complexity index is 517. The van der Waals surface area contributed by atoms with E-state index in [-0.39, 0.29) is 18.4 Å². The zero-order valence-corrected chi connectivity index (χ0v) is 17.1. The standard InChI is InChI=1S/C22H36O5/c1-4-16-21-13-10-14(15(11-13)22(21)17(5-2)26-16)18(12-19(23)24-3)27-20-8-6-7-9-25-20/h13-18,20-22H,4-12H2,1-3H3. The highest BCUT2D eigenvalue weighted by molar-refractivity contribution is 5.69. The monoisotopic (exact) mass is 380 g/mol. The molecule has 0 aromatic rings. The van der Waals surface area contributed by atoms with Crippen LogP contribution in [0, 0.1) is 29.6 Å². The van der Waals surface area contributed by atoms with Crippen molar-refractivity contribution in [3.8, 4) is 0 Å². The van der Waals surface area contributed by atoms with Crippen molar-refractivity contribution in [2.45, 2.75) is 89.8 Å². The third kappa shape index (κ3) is 3.67. The molecule has 5 heteroatoms. The topological polar surface area (TPSA) is 54.0 Å². The molecule has 4 fully saturated rings. The molecule has 0 N–H and O–H groups in total. The van der Waals surface area contributed by atoms with Crippen LogP contribution in [0.3, 0.4) is 0 Å². The first-order valence-corrected chi connectivity index (χ1v) is 11.2. The van der Waals surface area contributed by atoms with Crippen LogP contribution in [0.15, 0.2) is 0 Å². The van der Waals surface area contributed by atoms with E-state index in [1.54, 1.807) is 0 Å². The van der Waals surface area contributed by atoms with Gasteiger partial charge in [0.05, 0.1) is 31.8 Å². The molecule has 2 heterocycles.